The summed E-state index contributed by atoms with van der Waals surface area (Å²) in [7, 11) is 0. The highest BCUT2D eigenvalue weighted by Gasteiger charge is 2.43. The highest BCUT2D eigenvalue weighted by atomic mass is 15.1. The van der Waals surface area contributed by atoms with E-state index in [2.05, 4.69) is 215 Å². The van der Waals surface area contributed by atoms with Crippen molar-refractivity contribution in [3.05, 3.63) is 204 Å². The molecule has 7 aromatic rings. The zero-order valence-corrected chi connectivity index (χ0v) is 32.1. The summed E-state index contributed by atoms with van der Waals surface area (Å²) in [6.45, 7) is 9.61. The summed E-state index contributed by atoms with van der Waals surface area (Å²) in [4.78, 5) is 2.48. The second kappa shape index (κ2) is 12.7. The van der Waals surface area contributed by atoms with Gasteiger partial charge in [-0.15, -0.1) is 0 Å². The molecule has 0 fully saturated rings. The van der Waals surface area contributed by atoms with Crippen LogP contribution in [0.15, 0.2) is 182 Å². The average Bonchev–Trinajstić information content (AvgIpc) is 3.61. The molecule has 0 saturated heterocycles. The van der Waals surface area contributed by atoms with Gasteiger partial charge in [0.25, 0.3) is 0 Å². The van der Waals surface area contributed by atoms with Gasteiger partial charge in [-0.05, 0) is 145 Å². The molecule has 0 amide bonds. The van der Waals surface area contributed by atoms with Gasteiger partial charge < -0.3 is 4.90 Å². The minimum absolute atomic E-state index is 0.0409. The molecule has 266 valence electrons. The van der Waals surface area contributed by atoms with Crippen LogP contribution in [0.1, 0.15) is 56.4 Å². The first-order chi connectivity index (χ1) is 26.8. The maximum atomic E-state index is 2.48. The molecule has 0 spiro atoms. The monoisotopic (exact) mass is 707 g/mol. The van der Waals surface area contributed by atoms with Gasteiger partial charge in [0.2, 0.25) is 0 Å². The maximum absolute atomic E-state index is 2.48. The Morgan fingerprint density at radius 2 is 0.945 bits per heavy atom. The summed E-state index contributed by atoms with van der Waals surface area (Å²) in [5.74, 6) is 0.502. The molecule has 1 unspecified atom stereocenters. The Hall–Kier alpha value is -6.18. The van der Waals surface area contributed by atoms with Crippen LogP contribution in [0.25, 0.3) is 50.1 Å². The van der Waals surface area contributed by atoms with E-state index >= 15 is 0 Å². The number of anilines is 3. The third-order valence-corrected chi connectivity index (χ3v) is 12.7. The molecule has 1 atom stereocenters. The Morgan fingerprint density at radius 1 is 0.436 bits per heavy atom. The fourth-order valence-corrected chi connectivity index (χ4v) is 9.70. The van der Waals surface area contributed by atoms with Crippen molar-refractivity contribution in [3.63, 3.8) is 0 Å². The normalized spacial score (nSPS) is 16.8. The van der Waals surface area contributed by atoms with Crippen molar-refractivity contribution >= 4 is 22.6 Å². The van der Waals surface area contributed by atoms with Gasteiger partial charge in [-0.3, -0.25) is 0 Å². The molecule has 0 radical (unpaired) electrons. The molecule has 0 aromatic heterocycles. The Bertz CT molecular complexity index is 2600. The van der Waals surface area contributed by atoms with Gasteiger partial charge in [0.05, 0.1) is 0 Å². The van der Waals surface area contributed by atoms with Gasteiger partial charge in [0.1, 0.15) is 0 Å². The Kier molecular flexibility index (Phi) is 7.72. The molecular weight excluding hydrogens is 663 g/mol. The predicted octanol–water partition coefficient (Wildman–Crippen LogP) is 14.7. The Labute approximate surface area is 326 Å². The molecule has 3 aliphatic carbocycles. The quantitative estimate of drug-likeness (QED) is 0.166. The molecule has 0 heterocycles. The van der Waals surface area contributed by atoms with Crippen molar-refractivity contribution in [2.75, 3.05) is 4.90 Å². The zero-order valence-electron chi connectivity index (χ0n) is 32.1. The molecule has 55 heavy (non-hydrogen) atoms. The molecule has 0 N–H and O–H groups in total. The standard InChI is InChI=1S/C54H45N/c1-53(2)49-21-13-11-19-45(49)47-29-27-43(34-51(47)53)55(44-28-30-48-46-20-12-14-22-50(46)54(3,4)52(48)35-44)42-25-23-38(24-26-42)41-32-39(36-15-7-5-8-16-36)31-40(33-41)37-17-9-6-10-18-37/h5-21,23-35,50H,22H2,1-4H3. The topological polar surface area (TPSA) is 3.24 Å². The summed E-state index contributed by atoms with van der Waals surface area (Å²) >= 11 is 0. The fourth-order valence-electron chi connectivity index (χ4n) is 9.70. The molecule has 0 bridgehead atoms. The molecular formula is C54H45N. The first-order valence-electron chi connectivity index (χ1n) is 19.7. The first-order valence-corrected chi connectivity index (χ1v) is 19.7. The van der Waals surface area contributed by atoms with Gasteiger partial charge in [-0.25, -0.2) is 0 Å². The highest BCUT2D eigenvalue weighted by Crippen LogP contribution is 2.55. The van der Waals surface area contributed by atoms with Crippen LogP contribution in [0.3, 0.4) is 0 Å². The smallest absolute Gasteiger partial charge is 0.0465 e. The van der Waals surface area contributed by atoms with E-state index in [1.54, 1.807) is 0 Å². The lowest BCUT2D eigenvalue weighted by Gasteiger charge is -2.31. The maximum Gasteiger partial charge on any atom is 0.0465 e. The van der Waals surface area contributed by atoms with E-state index in [-0.39, 0.29) is 10.8 Å². The number of fused-ring (bicyclic) bond motifs is 6. The molecule has 1 nitrogen and oxygen atoms in total. The third kappa shape index (κ3) is 5.44. The average molecular weight is 708 g/mol. The first kappa shape index (κ1) is 33.4. The lowest BCUT2D eigenvalue weighted by molar-refractivity contribution is 0.415. The van der Waals surface area contributed by atoms with Gasteiger partial charge >= 0.3 is 0 Å². The van der Waals surface area contributed by atoms with E-state index < -0.39 is 0 Å². The van der Waals surface area contributed by atoms with Crippen LogP contribution in [-0.2, 0) is 10.8 Å². The second-order valence-corrected chi connectivity index (χ2v) is 16.6. The lowest BCUT2D eigenvalue weighted by Crippen LogP contribution is -2.24. The van der Waals surface area contributed by atoms with Crippen LogP contribution in [0.5, 0.6) is 0 Å². The Morgan fingerprint density at radius 3 is 1.58 bits per heavy atom. The summed E-state index contributed by atoms with van der Waals surface area (Å²) in [5, 5.41) is 0. The fraction of sp³-hybridized carbons (Fsp3) is 0.148. The largest absolute Gasteiger partial charge is 0.310 e. The van der Waals surface area contributed by atoms with Crippen molar-refractivity contribution in [2.45, 2.75) is 44.9 Å². The Balaban J connectivity index is 1.11. The number of benzene rings is 7. The van der Waals surface area contributed by atoms with Crippen molar-refractivity contribution in [1.29, 1.82) is 0 Å². The van der Waals surface area contributed by atoms with Gasteiger partial charge in [-0.1, -0.05) is 155 Å². The summed E-state index contributed by atoms with van der Waals surface area (Å²) < 4.78 is 0. The minimum Gasteiger partial charge on any atom is -0.310 e. The summed E-state index contributed by atoms with van der Waals surface area (Å²) in [6.07, 6.45) is 8.00. The molecule has 1 heteroatoms. The van der Waals surface area contributed by atoms with E-state index in [9.17, 15) is 0 Å². The summed E-state index contributed by atoms with van der Waals surface area (Å²) in [6, 6.07) is 60.9. The number of rotatable bonds is 6. The zero-order chi connectivity index (χ0) is 37.3. The van der Waals surface area contributed by atoms with Crippen LogP contribution >= 0.6 is 0 Å². The van der Waals surface area contributed by atoms with Crippen LogP contribution in [0.4, 0.5) is 17.1 Å². The van der Waals surface area contributed by atoms with Crippen LogP contribution < -0.4 is 4.90 Å². The molecule has 10 rings (SSSR count). The van der Waals surface area contributed by atoms with E-state index in [0.717, 1.165) is 12.1 Å². The highest BCUT2D eigenvalue weighted by molar-refractivity contribution is 5.88. The van der Waals surface area contributed by atoms with Crippen LogP contribution in [-0.4, -0.2) is 0 Å². The number of hydrogen-bond donors (Lipinski definition) is 0. The van der Waals surface area contributed by atoms with Crippen molar-refractivity contribution in [3.8, 4) is 44.5 Å². The second-order valence-electron chi connectivity index (χ2n) is 16.6. The summed E-state index contributed by atoms with van der Waals surface area (Å²) in [5.41, 5.74) is 20.5. The SMILES string of the molecule is CC1(C)c2ccccc2-c2ccc(N(c3ccc(-c4cc(-c5ccccc5)cc(-c5ccccc5)c4)cc3)c3ccc4c(c3)C(C)(C)C3CC=CC=C43)cc21. The molecule has 7 aromatic carbocycles. The number of hydrogen-bond acceptors (Lipinski definition) is 1. The van der Waals surface area contributed by atoms with Crippen molar-refractivity contribution in [2.24, 2.45) is 5.92 Å². The van der Waals surface area contributed by atoms with Crippen molar-refractivity contribution < 1.29 is 0 Å². The van der Waals surface area contributed by atoms with Gasteiger partial charge in [0, 0.05) is 22.5 Å². The van der Waals surface area contributed by atoms with Gasteiger partial charge in [-0.2, -0.15) is 0 Å². The third-order valence-electron chi connectivity index (χ3n) is 12.7. The predicted molar refractivity (Wildman–Crippen MR) is 233 cm³/mol. The molecule has 0 aliphatic heterocycles. The number of allylic oxidation sites excluding steroid dienone is 4. The molecule has 0 saturated carbocycles. The van der Waals surface area contributed by atoms with E-state index in [1.807, 2.05) is 0 Å². The molecule has 3 aliphatic rings. The minimum atomic E-state index is -0.0905. The van der Waals surface area contributed by atoms with Crippen LogP contribution in [0, 0.1) is 5.92 Å². The van der Waals surface area contributed by atoms with E-state index in [4.69, 9.17) is 0 Å². The lowest BCUT2D eigenvalue weighted by atomic mass is 9.75. The van der Waals surface area contributed by atoms with E-state index in [1.165, 1.54) is 83.7 Å². The van der Waals surface area contributed by atoms with Crippen molar-refractivity contribution in [1.82, 2.24) is 0 Å². The van der Waals surface area contributed by atoms with E-state index in [0.29, 0.717) is 5.92 Å². The van der Waals surface area contributed by atoms with Crippen LogP contribution in [0.2, 0.25) is 0 Å². The number of nitrogens with zero attached hydrogens (tertiary/aromatic N) is 1. The van der Waals surface area contributed by atoms with Gasteiger partial charge in [0.15, 0.2) is 0 Å².